The third kappa shape index (κ3) is 6.44. The van der Waals surface area contributed by atoms with Gasteiger partial charge in [0.15, 0.2) is 0 Å². The van der Waals surface area contributed by atoms with Gasteiger partial charge in [0.2, 0.25) is 0 Å². The van der Waals surface area contributed by atoms with E-state index in [9.17, 15) is 17.6 Å². The molecule has 0 bridgehead atoms. The average molecular weight is 306 g/mol. The molecule has 1 atom stereocenters. The van der Waals surface area contributed by atoms with Gasteiger partial charge in [0.25, 0.3) is 0 Å². The van der Waals surface area contributed by atoms with Gasteiger partial charge < -0.3 is 10.6 Å². The number of halogens is 4. The second-order valence-corrected chi connectivity index (χ2v) is 5.64. The molecule has 0 fully saturated rings. The lowest BCUT2D eigenvalue weighted by Crippen LogP contribution is -2.37. The first kappa shape index (κ1) is 17.9. The molecule has 1 rings (SSSR count). The van der Waals surface area contributed by atoms with Crippen LogP contribution in [0.2, 0.25) is 0 Å². The van der Waals surface area contributed by atoms with Gasteiger partial charge in [0.1, 0.15) is 5.82 Å². The van der Waals surface area contributed by atoms with Crippen molar-refractivity contribution in [2.24, 2.45) is 5.92 Å². The normalized spacial score (nSPS) is 13.7. The number of benzene rings is 1. The molecule has 0 spiro atoms. The van der Waals surface area contributed by atoms with Crippen LogP contribution in [0.15, 0.2) is 18.2 Å². The van der Waals surface area contributed by atoms with Crippen LogP contribution in [0.1, 0.15) is 31.9 Å². The van der Waals surface area contributed by atoms with Gasteiger partial charge in [-0.1, -0.05) is 13.8 Å². The van der Waals surface area contributed by atoms with E-state index in [2.05, 4.69) is 24.5 Å². The Balaban J connectivity index is 2.54. The molecule has 6 heteroatoms. The molecule has 1 aromatic rings. The van der Waals surface area contributed by atoms with Crippen LogP contribution in [0.25, 0.3) is 0 Å². The molecule has 1 unspecified atom stereocenters. The molecular weight excluding hydrogens is 284 g/mol. The van der Waals surface area contributed by atoms with Crippen molar-refractivity contribution in [2.75, 3.05) is 13.1 Å². The molecule has 0 saturated heterocycles. The summed E-state index contributed by atoms with van der Waals surface area (Å²) in [7, 11) is 0. The zero-order valence-electron chi connectivity index (χ0n) is 12.5. The Labute approximate surface area is 122 Å². The van der Waals surface area contributed by atoms with Crippen molar-refractivity contribution in [1.82, 2.24) is 10.6 Å². The number of rotatable bonds is 7. The molecule has 0 heterocycles. The molecule has 0 aromatic heterocycles. The third-order valence-corrected chi connectivity index (χ3v) is 3.02. The molecule has 2 N–H and O–H groups in total. The summed E-state index contributed by atoms with van der Waals surface area (Å²) in [5, 5.41) is 6.26. The zero-order chi connectivity index (χ0) is 16.0. The van der Waals surface area contributed by atoms with Crippen molar-refractivity contribution >= 4 is 0 Å². The van der Waals surface area contributed by atoms with Gasteiger partial charge in [0.05, 0.1) is 5.56 Å². The highest BCUT2D eigenvalue weighted by atomic mass is 19.4. The summed E-state index contributed by atoms with van der Waals surface area (Å²) in [5.74, 6) is -0.101. The number of alkyl halides is 3. The van der Waals surface area contributed by atoms with E-state index in [1.165, 1.54) is 0 Å². The molecular formula is C15H22F4N2. The Bertz CT molecular complexity index is 444. The van der Waals surface area contributed by atoms with Crippen LogP contribution in [0.5, 0.6) is 0 Å². The lowest BCUT2D eigenvalue weighted by atomic mass is 10.1. The van der Waals surface area contributed by atoms with Crippen LogP contribution in [-0.2, 0) is 12.7 Å². The minimum Gasteiger partial charge on any atom is -0.315 e. The summed E-state index contributed by atoms with van der Waals surface area (Å²) >= 11 is 0. The van der Waals surface area contributed by atoms with E-state index >= 15 is 0 Å². The predicted octanol–water partition coefficient (Wildman–Crippen LogP) is 3.57. The van der Waals surface area contributed by atoms with Crippen LogP contribution in [-0.4, -0.2) is 19.1 Å². The summed E-state index contributed by atoms with van der Waals surface area (Å²) in [6.07, 6.45) is -4.45. The monoisotopic (exact) mass is 306 g/mol. The van der Waals surface area contributed by atoms with E-state index < -0.39 is 17.6 Å². The Morgan fingerprint density at radius 3 is 2.33 bits per heavy atom. The fourth-order valence-electron chi connectivity index (χ4n) is 1.83. The first-order valence-corrected chi connectivity index (χ1v) is 7.00. The molecule has 0 saturated carbocycles. The average Bonchev–Trinajstić information content (AvgIpc) is 2.36. The smallest absolute Gasteiger partial charge is 0.315 e. The van der Waals surface area contributed by atoms with Gasteiger partial charge in [-0.05, 0) is 37.6 Å². The van der Waals surface area contributed by atoms with Gasteiger partial charge in [-0.2, -0.15) is 13.2 Å². The van der Waals surface area contributed by atoms with Gasteiger partial charge in [-0.25, -0.2) is 4.39 Å². The van der Waals surface area contributed by atoms with Crippen LogP contribution in [0.4, 0.5) is 17.6 Å². The zero-order valence-corrected chi connectivity index (χ0v) is 12.5. The first-order chi connectivity index (χ1) is 9.70. The van der Waals surface area contributed by atoms with Gasteiger partial charge in [-0.15, -0.1) is 0 Å². The van der Waals surface area contributed by atoms with E-state index in [1.807, 2.05) is 6.92 Å². The topological polar surface area (TPSA) is 24.1 Å². The Morgan fingerprint density at radius 2 is 1.76 bits per heavy atom. The first-order valence-electron chi connectivity index (χ1n) is 7.00. The molecule has 21 heavy (non-hydrogen) atoms. The SMILES string of the molecule is CC(C)CNCC(C)NCc1cc(C(F)(F)F)ccc1F. The van der Waals surface area contributed by atoms with E-state index in [0.717, 1.165) is 24.7 Å². The Hall–Kier alpha value is -1.14. The Kier molecular flexibility index (Phi) is 6.61. The molecule has 0 aliphatic carbocycles. The van der Waals surface area contributed by atoms with Crippen molar-refractivity contribution in [3.63, 3.8) is 0 Å². The summed E-state index contributed by atoms with van der Waals surface area (Å²) in [6, 6.07) is 2.52. The number of hydrogen-bond acceptors (Lipinski definition) is 2. The summed E-state index contributed by atoms with van der Waals surface area (Å²) in [6.45, 7) is 7.69. The molecule has 0 amide bonds. The van der Waals surface area contributed by atoms with Crippen molar-refractivity contribution < 1.29 is 17.6 Å². The van der Waals surface area contributed by atoms with Crippen LogP contribution in [0.3, 0.4) is 0 Å². The van der Waals surface area contributed by atoms with Crippen LogP contribution >= 0.6 is 0 Å². The molecule has 0 aliphatic rings. The highest BCUT2D eigenvalue weighted by molar-refractivity contribution is 5.27. The minimum atomic E-state index is -4.45. The quantitative estimate of drug-likeness (QED) is 0.753. The number of nitrogens with one attached hydrogen (secondary N) is 2. The second kappa shape index (κ2) is 7.75. The minimum absolute atomic E-state index is 0.0283. The summed E-state index contributed by atoms with van der Waals surface area (Å²) in [4.78, 5) is 0. The molecule has 1 aromatic carbocycles. The Morgan fingerprint density at radius 1 is 1.10 bits per heavy atom. The second-order valence-electron chi connectivity index (χ2n) is 5.64. The maximum atomic E-state index is 13.5. The van der Waals surface area contributed by atoms with Gasteiger partial charge in [0, 0.05) is 24.7 Å². The van der Waals surface area contributed by atoms with E-state index in [1.54, 1.807) is 0 Å². The fraction of sp³-hybridized carbons (Fsp3) is 0.600. The van der Waals surface area contributed by atoms with Crippen molar-refractivity contribution in [2.45, 2.75) is 39.5 Å². The predicted molar refractivity (Wildman–Crippen MR) is 75.4 cm³/mol. The fourth-order valence-corrected chi connectivity index (χ4v) is 1.83. The number of hydrogen-bond donors (Lipinski definition) is 2. The van der Waals surface area contributed by atoms with Crippen molar-refractivity contribution in [1.29, 1.82) is 0 Å². The maximum absolute atomic E-state index is 13.5. The van der Waals surface area contributed by atoms with E-state index in [-0.39, 0.29) is 18.2 Å². The summed E-state index contributed by atoms with van der Waals surface area (Å²) in [5.41, 5.74) is -0.799. The summed E-state index contributed by atoms with van der Waals surface area (Å²) < 4.78 is 51.3. The lowest BCUT2D eigenvalue weighted by molar-refractivity contribution is -0.137. The standard InChI is InChI=1S/C15H22F4N2/c1-10(2)7-20-8-11(3)21-9-12-6-13(15(17,18)19)4-5-14(12)16/h4-6,10-11,20-21H,7-9H2,1-3H3. The van der Waals surface area contributed by atoms with Gasteiger partial charge in [-0.3, -0.25) is 0 Å². The van der Waals surface area contributed by atoms with E-state index in [0.29, 0.717) is 12.5 Å². The third-order valence-electron chi connectivity index (χ3n) is 3.02. The molecule has 2 nitrogen and oxygen atoms in total. The van der Waals surface area contributed by atoms with Crippen LogP contribution < -0.4 is 10.6 Å². The molecule has 0 aliphatic heterocycles. The van der Waals surface area contributed by atoms with E-state index in [4.69, 9.17) is 0 Å². The highest BCUT2D eigenvalue weighted by Gasteiger charge is 2.31. The lowest BCUT2D eigenvalue weighted by Gasteiger charge is -2.17. The van der Waals surface area contributed by atoms with Crippen molar-refractivity contribution in [3.05, 3.63) is 35.1 Å². The maximum Gasteiger partial charge on any atom is 0.416 e. The largest absolute Gasteiger partial charge is 0.416 e. The van der Waals surface area contributed by atoms with Crippen molar-refractivity contribution in [3.8, 4) is 0 Å². The molecule has 0 radical (unpaired) electrons. The molecule has 120 valence electrons. The van der Waals surface area contributed by atoms with Gasteiger partial charge >= 0.3 is 6.18 Å². The highest BCUT2D eigenvalue weighted by Crippen LogP contribution is 2.30. The van der Waals surface area contributed by atoms with Crippen LogP contribution in [0, 0.1) is 11.7 Å².